The Morgan fingerprint density at radius 3 is 2.39 bits per heavy atom. The van der Waals surface area contributed by atoms with Crippen LogP contribution >= 0.6 is 0 Å². The number of hydrogen-bond acceptors (Lipinski definition) is 7. The first kappa shape index (κ1) is 27.6. The van der Waals surface area contributed by atoms with Gasteiger partial charge in [-0.25, -0.2) is 4.79 Å². The number of carbonyl (C=O) groups excluding carboxylic acids is 3. The van der Waals surface area contributed by atoms with E-state index in [4.69, 9.17) is 5.73 Å². The van der Waals surface area contributed by atoms with Crippen LogP contribution in [0.4, 0.5) is 0 Å². The molecule has 6 atom stereocenters. The van der Waals surface area contributed by atoms with Crippen LogP contribution < -0.4 is 11.1 Å². The number of hydrogen-bond donors (Lipinski definition) is 5. The maximum Gasteiger partial charge on any atom is 0.326 e. The normalized spacial score (nSPS) is 24.4. The number of nitrogens with zero attached hydrogens (tertiary/aromatic N) is 2. The molecule has 198 valence electrons. The SMILES string of the molecule is CC(C)C(NC(=O)C(O)C(N)Cc1ccccc1)C(=O)N1CCCC1C(=O)N1CC(O)CC1C(=O)O. The molecule has 36 heavy (non-hydrogen) atoms. The zero-order chi connectivity index (χ0) is 26.6. The molecule has 0 aliphatic carbocycles. The highest BCUT2D eigenvalue weighted by molar-refractivity contribution is 5.94. The summed E-state index contributed by atoms with van der Waals surface area (Å²) in [5, 5.41) is 32.5. The van der Waals surface area contributed by atoms with Crippen LogP contribution in [-0.2, 0) is 25.6 Å². The van der Waals surface area contributed by atoms with Gasteiger partial charge in [-0.05, 0) is 30.7 Å². The van der Waals surface area contributed by atoms with E-state index in [9.17, 15) is 34.5 Å². The van der Waals surface area contributed by atoms with Crippen LogP contribution in [0.25, 0.3) is 0 Å². The summed E-state index contributed by atoms with van der Waals surface area (Å²) in [5.74, 6) is -3.34. The molecule has 1 aromatic rings. The largest absolute Gasteiger partial charge is 0.480 e. The van der Waals surface area contributed by atoms with Gasteiger partial charge in [0, 0.05) is 25.6 Å². The first-order valence-corrected chi connectivity index (χ1v) is 12.3. The van der Waals surface area contributed by atoms with E-state index < -0.39 is 60.1 Å². The molecule has 6 unspecified atom stereocenters. The van der Waals surface area contributed by atoms with E-state index in [1.54, 1.807) is 13.8 Å². The van der Waals surface area contributed by atoms with Crippen LogP contribution in [0.2, 0.25) is 0 Å². The van der Waals surface area contributed by atoms with Crippen molar-refractivity contribution < 1.29 is 34.5 Å². The molecule has 2 aliphatic rings. The molecule has 2 aliphatic heterocycles. The third kappa shape index (κ3) is 6.21. The molecule has 11 heteroatoms. The molecular formula is C25H36N4O7. The summed E-state index contributed by atoms with van der Waals surface area (Å²) in [6, 6.07) is 5.26. The van der Waals surface area contributed by atoms with E-state index in [1.807, 2.05) is 30.3 Å². The Bertz CT molecular complexity index is 957. The van der Waals surface area contributed by atoms with Gasteiger partial charge in [-0.1, -0.05) is 44.2 Å². The standard InChI is InChI=1S/C25H36N4O7/c1-14(2)20(27-22(32)21(31)17(26)11-15-7-4-3-5-8-15)24(34)28-10-6-9-18(28)23(33)29-13-16(30)12-19(29)25(35)36/h3-5,7-8,14,16-21,30-31H,6,9-13,26H2,1-2H3,(H,27,32)(H,35,36). The number of likely N-dealkylation sites (tertiary alicyclic amines) is 2. The van der Waals surface area contributed by atoms with Crippen LogP contribution in [-0.4, -0.2) is 98.3 Å². The van der Waals surface area contributed by atoms with Gasteiger partial charge in [0.2, 0.25) is 11.8 Å². The highest BCUT2D eigenvalue weighted by atomic mass is 16.4. The van der Waals surface area contributed by atoms with Crippen molar-refractivity contribution in [1.82, 2.24) is 15.1 Å². The third-order valence-electron chi connectivity index (χ3n) is 6.89. The lowest BCUT2D eigenvalue weighted by molar-refractivity contribution is -0.152. The average Bonchev–Trinajstić information content (AvgIpc) is 3.48. The fourth-order valence-electron chi connectivity index (χ4n) is 4.89. The number of aliphatic carboxylic acids is 1. The number of nitrogens with one attached hydrogen (secondary N) is 1. The van der Waals surface area contributed by atoms with Crippen molar-refractivity contribution in [2.24, 2.45) is 11.7 Å². The number of carboxylic acid groups (broad SMARTS) is 1. The van der Waals surface area contributed by atoms with Crippen molar-refractivity contribution in [2.45, 2.75) is 75.9 Å². The number of rotatable bonds is 9. The number of amides is 3. The zero-order valence-corrected chi connectivity index (χ0v) is 20.6. The molecular weight excluding hydrogens is 468 g/mol. The minimum absolute atomic E-state index is 0.0620. The molecule has 0 radical (unpaired) electrons. The van der Waals surface area contributed by atoms with E-state index in [0.29, 0.717) is 12.8 Å². The van der Waals surface area contributed by atoms with E-state index in [1.165, 1.54) is 4.90 Å². The Balaban J connectivity index is 1.68. The predicted molar refractivity (Wildman–Crippen MR) is 129 cm³/mol. The molecule has 6 N–H and O–H groups in total. The van der Waals surface area contributed by atoms with E-state index in [-0.39, 0.29) is 31.8 Å². The van der Waals surface area contributed by atoms with E-state index in [0.717, 1.165) is 10.5 Å². The van der Waals surface area contributed by atoms with Crippen molar-refractivity contribution in [3.63, 3.8) is 0 Å². The Kier molecular flexibility index (Phi) is 9.04. The monoisotopic (exact) mass is 504 g/mol. The van der Waals surface area contributed by atoms with Gasteiger partial charge in [-0.2, -0.15) is 0 Å². The van der Waals surface area contributed by atoms with Gasteiger partial charge in [0.05, 0.1) is 6.10 Å². The van der Waals surface area contributed by atoms with Crippen LogP contribution in [0, 0.1) is 5.92 Å². The Morgan fingerprint density at radius 2 is 1.78 bits per heavy atom. The summed E-state index contributed by atoms with van der Waals surface area (Å²) in [4.78, 5) is 53.6. The number of aliphatic hydroxyl groups is 2. The molecule has 3 amide bonds. The Labute approximate surface area is 210 Å². The van der Waals surface area contributed by atoms with Gasteiger partial charge in [-0.3, -0.25) is 14.4 Å². The number of benzene rings is 1. The van der Waals surface area contributed by atoms with Crippen LogP contribution in [0.15, 0.2) is 30.3 Å². The fourth-order valence-corrected chi connectivity index (χ4v) is 4.89. The molecule has 0 aromatic heterocycles. The first-order valence-electron chi connectivity index (χ1n) is 12.3. The fraction of sp³-hybridized carbons (Fsp3) is 0.600. The molecule has 3 rings (SSSR count). The van der Waals surface area contributed by atoms with Gasteiger partial charge in [0.1, 0.15) is 24.2 Å². The van der Waals surface area contributed by atoms with Crippen LogP contribution in [0.5, 0.6) is 0 Å². The molecule has 0 spiro atoms. The topological polar surface area (TPSA) is 173 Å². The number of β-amino-alcohol motifs (C(OH)–C–C–N with tert-alkyl or cyclic N) is 1. The van der Waals surface area contributed by atoms with Crippen molar-refractivity contribution >= 4 is 23.7 Å². The van der Waals surface area contributed by atoms with Gasteiger partial charge in [-0.15, -0.1) is 0 Å². The van der Waals surface area contributed by atoms with Crippen molar-refractivity contribution in [1.29, 1.82) is 0 Å². The summed E-state index contributed by atoms with van der Waals surface area (Å²) in [7, 11) is 0. The highest BCUT2D eigenvalue weighted by Crippen LogP contribution is 2.26. The molecule has 2 fully saturated rings. The van der Waals surface area contributed by atoms with Crippen molar-refractivity contribution in [2.75, 3.05) is 13.1 Å². The lowest BCUT2D eigenvalue weighted by Crippen LogP contribution is -2.59. The Hall–Kier alpha value is -3.02. The van der Waals surface area contributed by atoms with Gasteiger partial charge in [0.15, 0.2) is 0 Å². The van der Waals surface area contributed by atoms with Crippen LogP contribution in [0.3, 0.4) is 0 Å². The Morgan fingerprint density at radius 1 is 1.11 bits per heavy atom. The molecule has 11 nitrogen and oxygen atoms in total. The molecule has 0 saturated carbocycles. The zero-order valence-electron chi connectivity index (χ0n) is 20.6. The quantitative estimate of drug-likeness (QED) is 0.287. The molecule has 2 saturated heterocycles. The number of carboxylic acids is 1. The highest BCUT2D eigenvalue weighted by Gasteiger charge is 2.46. The van der Waals surface area contributed by atoms with E-state index in [2.05, 4.69) is 5.32 Å². The summed E-state index contributed by atoms with van der Waals surface area (Å²) < 4.78 is 0. The van der Waals surface area contributed by atoms with Gasteiger partial charge >= 0.3 is 5.97 Å². The average molecular weight is 505 g/mol. The molecule has 2 heterocycles. The predicted octanol–water partition coefficient (Wildman–Crippen LogP) is -0.904. The minimum atomic E-state index is -1.54. The van der Waals surface area contributed by atoms with Crippen molar-refractivity contribution in [3.05, 3.63) is 35.9 Å². The molecule has 1 aromatic carbocycles. The summed E-state index contributed by atoms with van der Waals surface area (Å²) in [5.41, 5.74) is 6.92. The summed E-state index contributed by atoms with van der Waals surface area (Å²) in [6.07, 6.45) is -1.38. The maximum absolute atomic E-state index is 13.5. The smallest absolute Gasteiger partial charge is 0.326 e. The molecule has 0 bridgehead atoms. The second kappa shape index (κ2) is 11.8. The minimum Gasteiger partial charge on any atom is -0.480 e. The second-order valence-electron chi connectivity index (χ2n) is 9.95. The number of aliphatic hydroxyl groups excluding tert-OH is 2. The maximum atomic E-state index is 13.5. The number of nitrogens with two attached hydrogens (primary N) is 1. The summed E-state index contributed by atoms with van der Waals surface area (Å²) in [6.45, 7) is 3.65. The first-order chi connectivity index (χ1) is 17.0. The van der Waals surface area contributed by atoms with Crippen LogP contribution in [0.1, 0.15) is 38.7 Å². The lowest BCUT2D eigenvalue weighted by Gasteiger charge is -2.33. The van der Waals surface area contributed by atoms with Crippen molar-refractivity contribution in [3.8, 4) is 0 Å². The second-order valence-corrected chi connectivity index (χ2v) is 9.95. The van der Waals surface area contributed by atoms with Gasteiger partial charge < -0.3 is 36.2 Å². The number of carbonyl (C=O) groups is 4. The third-order valence-corrected chi connectivity index (χ3v) is 6.89. The summed E-state index contributed by atoms with van der Waals surface area (Å²) >= 11 is 0. The lowest BCUT2D eigenvalue weighted by atomic mass is 9.99. The van der Waals surface area contributed by atoms with E-state index >= 15 is 0 Å². The van der Waals surface area contributed by atoms with Gasteiger partial charge in [0.25, 0.3) is 5.91 Å².